The molecule has 0 saturated heterocycles. The molecule has 0 spiro atoms. The molecule has 0 bridgehead atoms. The Morgan fingerprint density at radius 3 is 2.73 bits per heavy atom. The normalized spacial score (nSPS) is 11.0. The van der Waals surface area contributed by atoms with Crippen LogP contribution >= 0.6 is 11.3 Å². The van der Waals surface area contributed by atoms with Gasteiger partial charge in [-0.05, 0) is 55.3 Å². The molecule has 1 amide bonds. The first-order valence-corrected chi connectivity index (χ1v) is 8.80. The van der Waals surface area contributed by atoms with Gasteiger partial charge in [-0.2, -0.15) is 0 Å². The second kappa shape index (κ2) is 6.34. The number of anilines is 1. The third kappa shape index (κ3) is 2.97. The molecule has 0 aliphatic rings. The number of thiazole rings is 1. The Kier molecular flexibility index (Phi) is 4.00. The first-order chi connectivity index (χ1) is 12.5. The van der Waals surface area contributed by atoms with Gasteiger partial charge in [-0.1, -0.05) is 17.4 Å². The fourth-order valence-corrected chi connectivity index (χ4v) is 3.89. The number of imidazole rings is 1. The lowest BCUT2D eigenvalue weighted by molar-refractivity contribution is 0.102. The summed E-state index contributed by atoms with van der Waals surface area (Å²) in [6, 6.07) is 10.00. The Morgan fingerprint density at radius 2 is 1.96 bits per heavy atom. The topological polar surface area (TPSA) is 59.8 Å². The van der Waals surface area contributed by atoms with Crippen LogP contribution in [0.3, 0.4) is 0 Å². The smallest absolute Gasteiger partial charge is 0.276 e. The van der Waals surface area contributed by atoms with Crippen LogP contribution in [0.25, 0.3) is 15.9 Å². The summed E-state index contributed by atoms with van der Waals surface area (Å²) in [5.41, 5.74) is 4.13. The molecule has 2 aromatic carbocycles. The van der Waals surface area contributed by atoms with Crippen LogP contribution < -0.4 is 5.32 Å². The number of carbonyl (C=O) groups excluding carboxylic acids is 1. The van der Waals surface area contributed by atoms with Crippen molar-refractivity contribution in [2.24, 2.45) is 0 Å². The fourth-order valence-electron chi connectivity index (χ4n) is 2.86. The van der Waals surface area contributed by atoms with Crippen LogP contribution in [0.15, 0.2) is 48.9 Å². The molecule has 2 heterocycles. The largest absolute Gasteiger partial charge is 0.296 e. The van der Waals surface area contributed by atoms with Gasteiger partial charge in [0.25, 0.3) is 5.91 Å². The van der Waals surface area contributed by atoms with Crippen LogP contribution in [0, 0.1) is 19.7 Å². The second-order valence-corrected chi connectivity index (χ2v) is 7.06. The third-order valence-electron chi connectivity index (χ3n) is 4.03. The molecule has 2 aromatic heterocycles. The van der Waals surface area contributed by atoms with Crippen molar-refractivity contribution in [1.29, 1.82) is 0 Å². The molecule has 26 heavy (non-hydrogen) atoms. The molecular formula is C19H15FN4OS. The monoisotopic (exact) mass is 366 g/mol. The number of amides is 1. The zero-order valence-electron chi connectivity index (χ0n) is 14.2. The van der Waals surface area contributed by atoms with Gasteiger partial charge in [-0.15, -0.1) is 0 Å². The van der Waals surface area contributed by atoms with Gasteiger partial charge in [-0.25, -0.2) is 14.4 Å². The number of hydrogen-bond donors (Lipinski definition) is 1. The molecule has 0 atom stereocenters. The van der Waals surface area contributed by atoms with E-state index in [1.807, 2.05) is 13.8 Å². The zero-order chi connectivity index (χ0) is 18.3. The standard InChI is InChI=1S/C19H15FN4OS/c1-11-7-12(2)17-16(8-11)26-19(22-17)23-18(25)15-9-21-10-24(15)14-5-3-13(20)4-6-14/h3-10H,1-2H3,(H,22,23,25). The first kappa shape index (κ1) is 16.4. The minimum Gasteiger partial charge on any atom is -0.296 e. The number of benzene rings is 2. The van der Waals surface area contributed by atoms with Gasteiger partial charge in [0.2, 0.25) is 0 Å². The predicted octanol–water partition coefficient (Wildman–Crippen LogP) is 4.49. The summed E-state index contributed by atoms with van der Waals surface area (Å²) in [5.74, 6) is -0.653. The predicted molar refractivity (Wildman–Crippen MR) is 101 cm³/mol. The summed E-state index contributed by atoms with van der Waals surface area (Å²) in [6.07, 6.45) is 3.00. The number of nitrogens with one attached hydrogen (secondary N) is 1. The van der Waals surface area contributed by atoms with Crippen molar-refractivity contribution in [3.63, 3.8) is 0 Å². The molecule has 0 aliphatic heterocycles. The zero-order valence-corrected chi connectivity index (χ0v) is 15.0. The summed E-state index contributed by atoms with van der Waals surface area (Å²) in [7, 11) is 0. The molecule has 4 rings (SSSR count). The molecule has 0 saturated carbocycles. The van der Waals surface area contributed by atoms with Crippen molar-refractivity contribution in [1.82, 2.24) is 14.5 Å². The minimum atomic E-state index is -0.333. The lowest BCUT2D eigenvalue weighted by Gasteiger charge is -2.07. The maximum absolute atomic E-state index is 13.1. The van der Waals surface area contributed by atoms with Gasteiger partial charge in [0, 0.05) is 5.69 Å². The van der Waals surface area contributed by atoms with E-state index in [9.17, 15) is 9.18 Å². The Bertz CT molecular complexity index is 1110. The van der Waals surface area contributed by atoms with E-state index in [1.165, 1.54) is 36.0 Å². The number of aromatic nitrogens is 3. The molecule has 4 aromatic rings. The van der Waals surface area contributed by atoms with Crippen LogP contribution in [0.5, 0.6) is 0 Å². The summed E-state index contributed by atoms with van der Waals surface area (Å²) < 4.78 is 15.8. The van der Waals surface area contributed by atoms with E-state index in [0.29, 0.717) is 16.5 Å². The molecule has 0 aliphatic carbocycles. The van der Waals surface area contributed by atoms with Gasteiger partial charge >= 0.3 is 0 Å². The van der Waals surface area contributed by atoms with Crippen molar-refractivity contribution in [2.75, 3.05) is 5.32 Å². The highest BCUT2D eigenvalue weighted by Gasteiger charge is 2.16. The first-order valence-electron chi connectivity index (χ1n) is 7.99. The average Bonchev–Trinajstić information content (AvgIpc) is 3.22. The quantitative estimate of drug-likeness (QED) is 0.581. The van der Waals surface area contributed by atoms with Crippen LogP contribution in [-0.4, -0.2) is 20.4 Å². The maximum atomic E-state index is 13.1. The Morgan fingerprint density at radius 1 is 1.19 bits per heavy atom. The second-order valence-electron chi connectivity index (χ2n) is 6.03. The molecule has 0 unspecified atom stereocenters. The van der Waals surface area contributed by atoms with Crippen LogP contribution in [0.2, 0.25) is 0 Å². The van der Waals surface area contributed by atoms with Gasteiger partial charge in [0.1, 0.15) is 11.5 Å². The SMILES string of the molecule is Cc1cc(C)c2nc(NC(=O)c3cncn3-c3ccc(F)cc3)sc2c1. The van der Waals surface area contributed by atoms with Gasteiger partial charge < -0.3 is 0 Å². The molecule has 130 valence electrons. The van der Waals surface area contributed by atoms with Crippen LogP contribution in [0.4, 0.5) is 9.52 Å². The number of halogens is 1. The lowest BCUT2D eigenvalue weighted by Crippen LogP contribution is -2.15. The summed E-state index contributed by atoms with van der Waals surface area (Å²) >= 11 is 1.43. The molecule has 0 fully saturated rings. The summed E-state index contributed by atoms with van der Waals surface area (Å²) in [4.78, 5) is 21.3. The highest BCUT2D eigenvalue weighted by molar-refractivity contribution is 7.22. The van der Waals surface area contributed by atoms with E-state index < -0.39 is 0 Å². The molecule has 0 radical (unpaired) electrons. The van der Waals surface area contributed by atoms with Gasteiger partial charge in [-0.3, -0.25) is 14.7 Å². The number of rotatable bonds is 3. The van der Waals surface area contributed by atoms with Crippen molar-refractivity contribution in [3.8, 4) is 5.69 Å². The number of carbonyl (C=O) groups is 1. The van der Waals surface area contributed by atoms with Gasteiger partial charge in [0.05, 0.1) is 22.7 Å². The minimum absolute atomic E-state index is 0.319. The van der Waals surface area contributed by atoms with Crippen LogP contribution in [-0.2, 0) is 0 Å². The molecule has 5 nitrogen and oxygen atoms in total. The summed E-state index contributed by atoms with van der Waals surface area (Å²) in [5, 5.41) is 3.37. The molecule has 1 N–H and O–H groups in total. The Labute approximate surface area is 153 Å². The van der Waals surface area contributed by atoms with E-state index in [0.717, 1.165) is 21.3 Å². The van der Waals surface area contributed by atoms with Crippen molar-refractivity contribution in [3.05, 3.63) is 71.6 Å². The number of hydrogen-bond acceptors (Lipinski definition) is 4. The van der Waals surface area contributed by atoms with E-state index in [4.69, 9.17) is 0 Å². The van der Waals surface area contributed by atoms with Crippen molar-refractivity contribution >= 4 is 32.6 Å². The number of fused-ring (bicyclic) bond motifs is 1. The average molecular weight is 366 g/mol. The number of nitrogens with zero attached hydrogens (tertiary/aromatic N) is 3. The number of aryl methyl sites for hydroxylation is 2. The fraction of sp³-hybridized carbons (Fsp3) is 0.105. The van der Waals surface area contributed by atoms with Crippen molar-refractivity contribution < 1.29 is 9.18 Å². The Hall–Kier alpha value is -3.06. The maximum Gasteiger partial charge on any atom is 0.276 e. The van der Waals surface area contributed by atoms with Gasteiger partial charge in [0.15, 0.2) is 5.13 Å². The highest BCUT2D eigenvalue weighted by Crippen LogP contribution is 2.29. The lowest BCUT2D eigenvalue weighted by atomic mass is 10.1. The van der Waals surface area contributed by atoms with E-state index >= 15 is 0 Å². The third-order valence-corrected chi connectivity index (χ3v) is 4.94. The van der Waals surface area contributed by atoms with Crippen molar-refractivity contribution in [2.45, 2.75) is 13.8 Å². The van der Waals surface area contributed by atoms with E-state index in [1.54, 1.807) is 16.7 Å². The highest BCUT2D eigenvalue weighted by atomic mass is 32.1. The molecule has 7 heteroatoms. The van der Waals surface area contributed by atoms with E-state index in [2.05, 4.69) is 27.4 Å². The Balaban J connectivity index is 1.64. The molecular weight excluding hydrogens is 351 g/mol. The van der Waals surface area contributed by atoms with E-state index in [-0.39, 0.29) is 11.7 Å². The van der Waals surface area contributed by atoms with Crippen LogP contribution in [0.1, 0.15) is 21.6 Å². The summed E-state index contributed by atoms with van der Waals surface area (Å²) in [6.45, 7) is 4.04.